The molecule has 21 heavy (non-hydrogen) atoms. The van der Waals surface area contributed by atoms with E-state index in [0.717, 1.165) is 19.3 Å². The molecule has 0 bridgehead atoms. The maximum absolute atomic E-state index is 13.0. The van der Waals surface area contributed by atoms with Crippen molar-refractivity contribution in [2.45, 2.75) is 37.6 Å². The lowest BCUT2D eigenvalue weighted by Gasteiger charge is -2.33. The first-order chi connectivity index (χ1) is 10.0. The number of carboxylic acid groups (broad SMARTS) is 1. The molecule has 5 heteroatoms. The smallest absolute Gasteiger partial charge is 0.329 e. The van der Waals surface area contributed by atoms with Crippen LogP contribution in [0.3, 0.4) is 0 Å². The lowest BCUT2D eigenvalue weighted by molar-refractivity contribution is -0.148. The largest absolute Gasteiger partial charge is 0.480 e. The van der Waals surface area contributed by atoms with Gasteiger partial charge in [0, 0.05) is 6.08 Å². The summed E-state index contributed by atoms with van der Waals surface area (Å²) in [6.45, 7) is 0. The van der Waals surface area contributed by atoms with Gasteiger partial charge in [-0.2, -0.15) is 0 Å². The number of halogens is 1. The first-order valence-corrected chi connectivity index (χ1v) is 7.01. The van der Waals surface area contributed by atoms with Crippen LogP contribution in [-0.4, -0.2) is 22.5 Å². The summed E-state index contributed by atoms with van der Waals surface area (Å²) >= 11 is 0. The van der Waals surface area contributed by atoms with Gasteiger partial charge in [0.15, 0.2) is 0 Å². The van der Waals surface area contributed by atoms with E-state index in [1.54, 1.807) is 12.1 Å². The third kappa shape index (κ3) is 3.90. The van der Waals surface area contributed by atoms with Crippen molar-refractivity contribution < 1.29 is 19.1 Å². The van der Waals surface area contributed by atoms with Crippen LogP contribution in [0.2, 0.25) is 0 Å². The highest BCUT2D eigenvalue weighted by molar-refractivity contribution is 5.95. The second-order valence-electron chi connectivity index (χ2n) is 5.33. The summed E-state index contributed by atoms with van der Waals surface area (Å²) in [5.74, 6) is -1.84. The number of hydrogen-bond donors (Lipinski definition) is 2. The molecular formula is C16H18FNO3. The van der Waals surface area contributed by atoms with Gasteiger partial charge in [-0.3, -0.25) is 4.79 Å². The molecule has 1 aliphatic carbocycles. The topological polar surface area (TPSA) is 66.4 Å². The van der Waals surface area contributed by atoms with Crippen LogP contribution in [0.1, 0.15) is 37.7 Å². The Kier molecular flexibility index (Phi) is 4.73. The van der Waals surface area contributed by atoms with Crippen molar-refractivity contribution in [2.24, 2.45) is 0 Å². The van der Waals surface area contributed by atoms with Gasteiger partial charge in [-0.05, 0) is 36.6 Å². The number of amides is 1. The number of nitrogens with one attached hydrogen (secondary N) is 1. The highest BCUT2D eigenvalue weighted by Gasteiger charge is 2.40. The Labute approximate surface area is 122 Å². The van der Waals surface area contributed by atoms with Crippen molar-refractivity contribution >= 4 is 18.0 Å². The summed E-state index contributed by atoms with van der Waals surface area (Å²) in [6, 6.07) is 5.84. The van der Waals surface area contributed by atoms with Crippen molar-refractivity contribution in [2.75, 3.05) is 0 Å². The summed E-state index contributed by atoms with van der Waals surface area (Å²) < 4.78 is 13.0. The molecule has 2 rings (SSSR count). The molecule has 0 aliphatic heterocycles. The number of rotatable bonds is 4. The maximum Gasteiger partial charge on any atom is 0.329 e. The third-order valence-corrected chi connectivity index (χ3v) is 3.75. The van der Waals surface area contributed by atoms with Gasteiger partial charge >= 0.3 is 5.97 Å². The van der Waals surface area contributed by atoms with Crippen molar-refractivity contribution in [3.8, 4) is 0 Å². The van der Waals surface area contributed by atoms with Crippen LogP contribution in [0.4, 0.5) is 4.39 Å². The molecule has 0 spiro atoms. The highest BCUT2D eigenvalue weighted by Crippen LogP contribution is 2.28. The molecule has 0 atom stereocenters. The van der Waals surface area contributed by atoms with E-state index in [1.165, 1.54) is 24.3 Å². The first kappa shape index (κ1) is 15.2. The van der Waals surface area contributed by atoms with Gasteiger partial charge in [-0.15, -0.1) is 0 Å². The van der Waals surface area contributed by atoms with E-state index in [9.17, 15) is 19.1 Å². The number of aliphatic carboxylic acids is 1. The van der Waals surface area contributed by atoms with Crippen molar-refractivity contribution in [1.82, 2.24) is 5.32 Å². The Balaban J connectivity index is 2.04. The molecule has 2 N–H and O–H groups in total. The van der Waals surface area contributed by atoms with Gasteiger partial charge in [0.25, 0.3) is 0 Å². The number of carbonyl (C=O) groups excluding carboxylic acids is 1. The molecule has 1 fully saturated rings. The molecule has 1 saturated carbocycles. The molecule has 1 aromatic carbocycles. The summed E-state index contributed by atoms with van der Waals surface area (Å²) in [5, 5.41) is 12.0. The van der Waals surface area contributed by atoms with Crippen molar-refractivity contribution in [1.29, 1.82) is 0 Å². The van der Waals surface area contributed by atoms with Crippen molar-refractivity contribution in [3.05, 3.63) is 41.7 Å². The molecule has 0 saturated heterocycles. The summed E-state index contributed by atoms with van der Waals surface area (Å²) in [5.41, 5.74) is -0.611. The Morgan fingerprint density at radius 2 is 1.95 bits per heavy atom. The normalized spacial score (nSPS) is 17.6. The van der Waals surface area contributed by atoms with E-state index < -0.39 is 17.4 Å². The zero-order valence-electron chi connectivity index (χ0n) is 11.6. The van der Waals surface area contributed by atoms with Crippen LogP contribution in [0.15, 0.2) is 30.3 Å². The van der Waals surface area contributed by atoms with Gasteiger partial charge in [0.2, 0.25) is 5.91 Å². The van der Waals surface area contributed by atoms with Crippen LogP contribution < -0.4 is 5.32 Å². The Hall–Kier alpha value is -2.17. The van der Waals surface area contributed by atoms with E-state index in [2.05, 4.69) is 5.32 Å². The van der Waals surface area contributed by atoms with Gasteiger partial charge in [0.05, 0.1) is 0 Å². The van der Waals surface area contributed by atoms with Gasteiger partial charge in [-0.1, -0.05) is 31.4 Å². The lowest BCUT2D eigenvalue weighted by Crippen LogP contribution is -2.55. The van der Waals surface area contributed by atoms with E-state index in [1.807, 2.05) is 0 Å². The Bertz CT molecular complexity index is 562. The molecule has 0 heterocycles. The molecule has 0 radical (unpaired) electrons. The van der Waals surface area contributed by atoms with Crippen LogP contribution in [-0.2, 0) is 9.59 Å². The fourth-order valence-electron chi connectivity index (χ4n) is 2.61. The van der Waals surface area contributed by atoms with Gasteiger partial charge in [-0.25, -0.2) is 9.18 Å². The minimum absolute atomic E-state index is 0.383. The summed E-state index contributed by atoms with van der Waals surface area (Å²) in [7, 11) is 0. The molecule has 1 aromatic rings. The minimum atomic E-state index is -1.17. The van der Waals surface area contributed by atoms with Crippen LogP contribution in [0.25, 0.3) is 6.08 Å². The first-order valence-electron chi connectivity index (χ1n) is 7.01. The summed E-state index contributed by atoms with van der Waals surface area (Å²) in [4.78, 5) is 23.4. The monoisotopic (exact) mass is 291 g/mol. The zero-order valence-corrected chi connectivity index (χ0v) is 11.6. The quantitative estimate of drug-likeness (QED) is 0.838. The summed E-state index contributed by atoms with van der Waals surface area (Å²) in [6.07, 6.45) is 6.18. The third-order valence-electron chi connectivity index (χ3n) is 3.75. The average molecular weight is 291 g/mol. The van der Waals surface area contributed by atoms with Crippen molar-refractivity contribution in [3.63, 3.8) is 0 Å². The number of benzene rings is 1. The fourth-order valence-corrected chi connectivity index (χ4v) is 2.61. The van der Waals surface area contributed by atoms with E-state index in [4.69, 9.17) is 0 Å². The number of carboxylic acids is 1. The Morgan fingerprint density at radius 1 is 1.24 bits per heavy atom. The molecule has 112 valence electrons. The molecule has 1 amide bonds. The predicted molar refractivity (Wildman–Crippen MR) is 77.0 cm³/mol. The zero-order chi connectivity index (χ0) is 15.3. The van der Waals surface area contributed by atoms with E-state index in [0.29, 0.717) is 18.4 Å². The predicted octanol–water partition coefficient (Wildman–Crippen LogP) is 2.74. The SMILES string of the molecule is O=C(/C=C/c1cccc(F)c1)NC1(C(=O)O)CCCCC1. The average Bonchev–Trinajstić information content (AvgIpc) is 2.46. The number of hydrogen-bond acceptors (Lipinski definition) is 2. The van der Waals surface area contributed by atoms with Gasteiger partial charge in [0.1, 0.15) is 11.4 Å². The van der Waals surface area contributed by atoms with E-state index in [-0.39, 0.29) is 5.82 Å². The molecule has 0 aromatic heterocycles. The lowest BCUT2D eigenvalue weighted by atomic mass is 9.81. The number of carbonyl (C=O) groups is 2. The minimum Gasteiger partial charge on any atom is -0.480 e. The Morgan fingerprint density at radius 3 is 2.57 bits per heavy atom. The van der Waals surface area contributed by atoms with Crippen LogP contribution in [0, 0.1) is 5.82 Å². The van der Waals surface area contributed by atoms with Crippen LogP contribution in [0.5, 0.6) is 0 Å². The second kappa shape index (κ2) is 6.52. The van der Waals surface area contributed by atoms with Crippen LogP contribution >= 0.6 is 0 Å². The molecule has 1 aliphatic rings. The van der Waals surface area contributed by atoms with E-state index >= 15 is 0 Å². The highest BCUT2D eigenvalue weighted by atomic mass is 19.1. The fraction of sp³-hybridized carbons (Fsp3) is 0.375. The van der Waals surface area contributed by atoms with Gasteiger partial charge < -0.3 is 10.4 Å². The maximum atomic E-state index is 13.0. The molecule has 4 nitrogen and oxygen atoms in total. The molecule has 0 unspecified atom stereocenters. The molecular weight excluding hydrogens is 273 g/mol. The second-order valence-corrected chi connectivity index (χ2v) is 5.33. The standard InChI is InChI=1S/C16H18FNO3/c17-13-6-4-5-12(11-13)7-8-14(19)18-16(15(20)21)9-2-1-3-10-16/h4-8,11H,1-3,9-10H2,(H,18,19)(H,20,21)/b8-7+.